The highest BCUT2D eigenvalue weighted by atomic mass is 16.2. The average Bonchev–Trinajstić information content (AvgIpc) is 2.83. The van der Waals surface area contributed by atoms with E-state index < -0.39 is 47.5 Å². The van der Waals surface area contributed by atoms with Gasteiger partial charge in [-0.25, -0.2) is 0 Å². The fraction of sp³-hybridized carbons (Fsp3) is 0.577. The Labute approximate surface area is 214 Å². The number of ketones is 1. The van der Waals surface area contributed by atoms with Crippen LogP contribution in [-0.4, -0.2) is 53.6 Å². The molecule has 4 N–H and O–H groups in total. The van der Waals surface area contributed by atoms with Gasteiger partial charge in [-0.3, -0.25) is 24.0 Å². The summed E-state index contributed by atoms with van der Waals surface area (Å²) < 4.78 is 0. The molecule has 0 saturated heterocycles. The van der Waals surface area contributed by atoms with Gasteiger partial charge < -0.3 is 21.3 Å². The Morgan fingerprint density at radius 3 is 2.14 bits per heavy atom. The summed E-state index contributed by atoms with van der Waals surface area (Å²) in [6.45, 7) is 8.29. The van der Waals surface area contributed by atoms with E-state index in [-0.39, 0.29) is 11.7 Å². The van der Waals surface area contributed by atoms with E-state index in [0.717, 1.165) is 32.1 Å². The molecule has 1 atom stereocenters. The fourth-order valence-electron chi connectivity index (χ4n) is 3.36. The maximum Gasteiger partial charge on any atom is 0.289 e. The van der Waals surface area contributed by atoms with E-state index in [1.54, 1.807) is 30.3 Å². The Bertz CT molecular complexity index is 882. The van der Waals surface area contributed by atoms with Crippen LogP contribution in [0.3, 0.4) is 0 Å². The van der Waals surface area contributed by atoms with E-state index in [0.29, 0.717) is 5.56 Å². The van der Waals surface area contributed by atoms with Crippen LogP contribution in [0.4, 0.5) is 0 Å². The third kappa shape index (κ3) is 10.7. The van der Waals surface area contributed by atoms with Gasteiger partial charge in [0.1, 0.15) is 11.6 Å². The average molecular weight is 497 g/mol. The summed E-state index contributed by atoms with van der Waals surface area (Å²) in [4.78, 5) is 61.2. The maximum atomic E-state index is 12.6. The zero-order chi connectivity index (χ0) is 26.4. The third-order valence-electron chi connectivity index (χ3n) is 5.39. The number of Topliss-reactive ketones (excluding diaryl/α,β-unsaturated/α-hetero) is 1. The number of amides is 4. The van der Waals surface area contributed by atoms with Gasteiger partial charge in [0.05, 0.1) is 6.54 Å². The molecule has 202 valence electrons. The number of rotatable bonds is 9. The van der Waals surface area contributed by atoms with Crippen LogP contribution < -0.4 is 21.3 Å². The molecule has 9 heteroatoms. The number of carbonyl (C=O) groups excluding carboxylic acids is 5. The van der Waals surface area contributed by atoms with Crippen LogP contribution in [0.15, 0.2) is 30.3 Å². The lowest BCUT2D eigenvalue weighted by atomic mass is 9.95. The summed E-state index contributed by atoms with van der Waals surface area (Å²) in [5.74, 6) is -3.04. The maximum absolute atomic E-state index is 12.6. The SMILES string of the molecule is CCC.C[C@H](NC(=O)C(C)(C)NC(=O)c1ccccc1)C(=O)NCC(=O)C(=O)NC1CCCCC1.[HH].[HH].[HH].[HH]. The van der Waals surface area contributed by atoms with Crippen molar-refractivity contribution in [2.24, 2.45) is 0 Å². The Hall–Kier alpha value is -3.23. The minimum Gasteiger partial charge on any atom is -0.347 e. The van der Waals surface area contributed by atoms with E-state index in [1.807, 2.05) is 0 Å². The highest BCUT2D eigenvalue weighted by Gasteiger charge is 2.32. The van der Waals surface area contributed by atoms with Crippen molar-refractivity contribution in [1.29, 1.82) is 0 Å². The largest absolute Gasteiger partial charge is 0.347 e. The van der Waals surface area contributed by atoms with Gasteiger partial charge >= 0.3 is 0 Å². The van der Waals surface area contributed by atoms with Crippen molar-refractivity contribution in [2.75, 3.05) is 6.54 Å². The highest BCUT2D eigenvalue weighted by Crippen LogP contribution is 2.17. The Morgan fingerprint density at radius 2 is 1.57 bits per heavy atom. The van der Waals surface area contributed by atoms with Gasteiger partial charge in [-0.2, -0.15) is 0 Å². The molecule has 1 fully saturated rings. The lowest BCUT2D eigenvalue weighted by molar-refractivity contribution is -0.138. The lowest BCUT2D eigenvalue weighted by Gasteiger charge is -2.27. The molecule has 1 aliphatic rings. The van der Waals surface area contributed by atoms with Crippen molar-refractivity contribution >= 4 is 29.4 Å². The Balaban J connectivity index is -0.000000835. The van der Waals surface area contributed by atoms with Crippen LogP contribution >= 0.6 is 0 Å². The molecule has 1 aliphatic carbocycles. The molecule has 0 heterocycles. The summed E-state index contributed by atoms with van der Waals surface area (Å²) >= 11 is 0. The van der Waals surface area contributed by atoms with E-state index in [1.165, 1.54) is 27.2 Å². The van der Waals surface area contributed by atoms with Crippen molar-refractivity contribution in [3.8, 4) is 0 Å². The predicted molar refractivity (Wildman–Crippen MR) is 143 cm³/mol. The quantitative estimate of drug-likeness (QED) is 0.390. The molecule has 0 radical (unpaired) electrons. The number of benzene rings is 1. The monoisotopic (exact) mass is 496 g/mol. The third-order valence-corrected chi connectivity index (χ3v) is 5.39. The number of hydrogen-bond acceptors (Lipinski definition) is 5. The molecule has 4 amide bonds. The molecule has 0 bridgehead atoms. The minimum atomic E-state index is -1.28. The molecular formula is C26H48N4O5. The van der Waals surface area contributed by atoms with Crippen LogP contribution in [0.5, 0.6) is 0 Å². The van der Waals surface area contributed by atoms with Crippen LogP contribution in [-0.2, 0) is 19.2 Å². The normalized spacial score (nSPS) is 14.4. The van der Waals surface area contributed by atoms with Crippen molar-refractivity contribution in [3.05, 3.63) is 35.9 Å². The van der Waals surface area contributed by atoms with Crippen molar-refractivity contribution < 1.29 is 29.7 Å². The van der Waals surface area contributed by atoms with Crippen LogP contribution in [0.25, 0.3) is 0 Å². The van der Waals surface area contributed by atoms with Crippen molar-refractivity contribution in [1.82, 2.24) is 21.3 Å². The molecule has 2 rings (SSSR count). The standard InChI is InChI=1S/C23H32N4O5.C3H8.4H2/c1-15(19(29)24-14-18(28)21(31)26-17-12-8-5-9-13-17)25-22(32)23(2,3)27-20(30)16-10-6-4-7-11-16;1-3-2;;;;/h4,6-7,10-11,15,17H,5,8-9,12-14H2,1-3H3,(H,24,29)(H,25,32)(H,26,31)(H,27,30);3H2,1-2H3;4*1H/t15-;;;;;/m0...../s1. The topological polar surface area (TPSA) is 133 Å². The molecule has 9 nitrogen and oxygen atoms in total. The van der Waals surface area contributed by atoms with Gasteiger partial charge in [0, 0.05) is 17.3 Å². The first-order valence-corrected chi connectivity index (χ1v) is 12.3. The predicted octanol–water partition coefficient (Wildman–Crippen LogP) is 3.23. The van der Waals surface area contributed by atoms with E-state index in [9.17, 15) is 24.0 Å². The summed E-state index contributed by atoms with van der Waals surface area (Å²) in [5, 5.41) is 10.2. The second-order valence-electron chi connectivity index (χ2n) is 9.30. The van der Waals surface area contributed by atoms with Crippen LogP contribution in [0.2, 0.25) is 0 Å². The summed E-state index contributed by atoms with van der Waals surface area (Å²) in [7, 11) is 0. The molecule has 0 aromatic heterocycles. The summed E-state index contributed by atoms with van der Waals surface area (Å²) in [6.07, 6.45) is 6.13. The summed E-state index contributed by atoms with van der Waals surface area (Å²) in [5.41, 5.74) is -0.874. The first-order chi connectivity index (χ1) is 16.5. The minimum absolute atomic E-state index is 0. The second kappa shape index (κ2) is 14.9. The van der Waals surface area contributed by atoms with E-state index in [2.05, 4.69) is 35.1 Å². The molecule has 0 aliphatic heterocycles. The molecule has 1 saturated carbocycles. The first kappa shape index (κ1) is 29.8. The van der Waals surface area contributed by atoms with Gasteiger partial charge in [0.25, 0.3) is 11.8 Å². The molecular weight excluding hydrogens is 448 g/mol. The Kier molecular flexibility index (Phi) is 12.7. The van der Waals surface area contributed by atoms with Crippen molar-refractivity contribution in [3.63, 3.8) is 0 Å². The zero-order valence-electron chi connectivity index (χ0n) is 21.5. The van der Waals surface area contributed by atoms with Gasteiger partial charge in [-0.1, -0.05) is 57.7 Å². The van der Waals surface area contributed by atoms with Gasteiger partial charge in [0.2, 0.25) is 17.6 Å². The number of carbonyl (C=O) groups is 5. The highest BCUT2D eigenvalue weighted by molar-refractivity contribution is 6.37. The molecule has 1 aromatic rings. The second-order valence-corrected chi connectivity index (χ2v) is 9.30. The molecule has 0 spiro atoms. The van der Waals surface area contributed by atoms with E-state index in [4.69, 9.17) is 0 Å². The fourth-order valence-corrected chi connectivity index (χ4v) is 3.36. The molecule has 0 unspecified atom stereocenters. The molecule has 1 aromatic carbocycles. The first-order valence-electron chi connectivity index (χ1n) is 12.3. The summed E-state index contributed by atoms with van der Waals surface area (Å²) in [6, 6.07) is 7.49. The van der Waals surface area contributed by atoms with Crippen LogP contribution in [0.1, 0.15) is 89.2 Å². The van der Waals surface area contributed by atoms with Gasteiger partial charge in [0.15, 0.2) is 0 Å². The van der Waals surface area contributed by atoms with E-state index >= 15 is 0 Å². The number of nitrogens with one attached hydrogen (secondary N) is 4. The molecule has 35 heavy (non-hydrogen) atoms. The zero-order valence-corrected chi connectivity index (χ0v) is 21.5. The van der Waals surface area contributed by atoms with Gasteiger partial charge in [-0.15, -0.1) is 0 Å². The Morgan fingerprint density at radius 1 is 1.00 bits per heavy atom. The smallest absolute Gasteiger partial charge is 0.289 e. The van der Waals surface area contributed by atoms with Crippen LogP contribution in [0, 0.1) is 0 Å². The lowest BCUT2D eigenvalue weighted by Crippen LogP contribution is -2.58. The number of hydrogen-bond donors (Lipinski definition) is 4. The van der Waals surface area contributed by atoms with Crippen molar-refractivity contribution in [2.45, 2.75) is 90.8 Å². The van der Waals surface area contributed by atoms with Gasteiger partial charge in [-0.05, 0) is 45.7 Å².